The molecule has 1 aliphatic heterocycles. The van der Waals surface area contributed by atoms with Crippen LogP contribution >= 0.6 is 0 Å². The molecule has 25 heavy (non-hydrogen) atoms. The van der Waals surface area contributed by atoms with E-state index < -0.39 is 18.3 Å². The monoisotopic (exact) mass is 356 g/mol. The zero-order chi connectivity index (χ0) is 18.6. The average Bonchev–Trinajstić information content (AvgIpc) is 2.59. The molecule has 1 aromatic carbocycles. The lowest BCUT2D eigenvalue weighted by atomic mass is 10.1. The van der Waals surface area contributed by atoms with Crippen molar-refractivity contribution in [2.75, 3.05) is 40.4 Å². The number of hydrogen-bond acceptors (Lipinski definition) is 4. The van der Waals surface area contributed by atoms with E-state index in [1.165, 1.54) is 19.1 Å². The number of benzene rings is 1. The van der Waals surface area contributed by atoms with E-state index in [2.05, 4.69) is 0 Å². The molecule has 1 aliphatic rings. The van der Waals surface area contributed by atoms with Crippen LogP contribution in [0.2, 0.25) is 0 Å². The van der Waals surface area contributed by atoms with Crippen LogP contribution in [-0.4, -0.2) is 67.9 Å². The molecule has 0 aromatic heterocycles. The molecule has 0 spiro atoms. The van der Waals surface area contributed by atoms with Crippen LogP contribution in [0.1, 0.15) is 23.7 Å². The molecule has 1 fully saturated rings. The van der Waals surface area contributed by atoms with Crippen LogP contribution in [0.4, 0.5) is 8.78 Å². The molecule has 8 heteroatoms. The van der Waals surface area contributed by atoms with Crippen LogP contribution in [0.15, 0.2) is 18.2 Å². The first-order chi connectivity index (χ1) is 11.7. The van der Waals surface area contributed by atoms with E-state index in [4.69, 9.17) is 9.47 Å². The molecule has 0 radical (unpaired) electrons. The van der Waals surface area contributed by atoms with E-state index in [1.807, 2.05) is 0 Å². The summed E-state index contributed by atoms with van der Waals surface area (Å²) in [6.45, 7) is 1.77. The highest BCUT2D eigenvalue weighted by Gasteiger charge is 2.31. The molecular formula is C17H22F2N2O4. The van der Waals surface area contributed by atoms with Crippen LogP contribution in [0.3, 0.4) is 0 Å². The highest BCUT2D eigenvalue weighted by atomic mass is 19.3. The molecule has 0 N–H and O–H groups in total. The number of rotatable bonds is 5. The minimum absolute atomic E-state index is 0.229. The van der Waals surface area contributed by atoms with Crippen molar-refractivity contribution < 1.29 is 27.8 Å². The predicted octanol–water partition coefficient (Wildman–Crippen LogP) is 2.03. The second kappa shape index (κ2) is 7.67. The molecule has 6 nitrogen and oxygen atoms in total. The maximum absolute atomic E-state index is 13.0. The molecule has 0 atom stereocenters. The Kier molecular flexibility index (Phi) is 5.81. The maximum atomic E-state index is 13.0. The summed E-state index contributed by atoms with van der Waals surface area (Å²) in [5.41, 5.74) is 0.392. The second-order valence-corrected chi connectivity index (χ2v) is 5.99. The lowest BCUT2D eigenvalue weighted by Crippen LogP contribution is -2.51. The summed E-state index contributed by atoms with van der Waals surface area (Å²) in [5, 5.41) is 0. The first-order valence-corrected chi connectivity index (χ1v) is 7.92. The standard InChI is InChI=1S/C17H22F2N2O4/c1-17(18,19)11-15(22)20-6-8-21(9-7-20)16(23)13-5-4-12(24-2)10-14(13)25-3/h4-5,10H,6-9,11H2,1-3H3. The quantitative estimate of drug-likeness (QED) is 0.810. The van der Waals surface area contributed by atoms with E-state index in [9.17, 15) is 18.4 Å². The smallest absolute Gasteiger partial charge is 0.257 e. The summed E-state index contributed by atoms with van der Waals surface area (Å²) in [4.78, 5) is 27.5. The zero-order valence-electron chi connectivity index (χ0n) is 14.6. The summed E-state index contributed by atoms with van der Waals surface area (Å²) in [5.74, 6) is -2.88. The molecule has 2 amide bonds. The zero-order valence-corrected chi connectivity index (χ0v) is 14.6. The molecule has 138 valence electrons. The van der Waals surface area contributed by atoms with Crippen molar-refractivity contribution in [2.45, 2.75) is 19.3 Å². The van der Waals surface area contributed by atoms with E-state index in [-0.39, 0.29) is 32.1 Å². The Labute approximate surface area is 145 Å². The van der Waals surface area contributed by atoms with Crippen LogP contribution in [0, 0.1) is 0 Å². The molecular weight excluding hydrogens is 334 g/mol. The Morgan fingerprint density at radius 1 is 1.08 bits per heavy atom. The number of methoxy groups -OCH3 is 2. The van der Waals surface area contributed by atoms with Gasteiger partial charge in [-0.2, -0.15) is 0 Å². The number of halogens is 2. The molecule has 1 saturated heterocycles. The molecule has 1 aromatic rings. The van der Waals surface area contributed by atoms with Gasteiger partial charge in [0.1, 0.15) is 11.5 Å². The Morgan fingerprint density at radius 2 is 1.68 bits per heavy atom. The number of carbonyl (C=O) groups excluding carboxylic acids is 2. The molecule has 1 heterocycles. The van der Waals surface area contributed by atoms with Crippen molar-refractivity contribution in [2.24, 2.45) is 0 Å². The Balaban J connectivity index is 2.01. The van der Waals surface area contributed by atoms with Crippen molar-refractivity contribution in [1.29, 1.82) is 0 Å². The molecule has 2 rings (SSSR count). The fourth-order valence-electron chi connectivity index (χ4n) is 2.68. The predicted molar refractivity (Wildman–Crippen MR) is 87.3 cm³/mol. The first-order valence-electron chi connectivity index (χ1n) is 7.92. The van der Waals surface area contributed by atoms with Crippen LogP contribution in [0.25, 0.3) is 0 Å². The third-order valence-corrected chi connectivity index (χ3v) is 4.02. The van der Waals surface area contributed by atoms with Gasteiger partial charge in [-0.15, -0.1) is 0 Å². The summed E-state index contributed by atoms with van der Waals surface area (Å²) in [6.07, 6.45) is -0.812. The van der Waals surface area contributed by atoms with Gasteiger partial charge < -0.3 is 19.3 Å². The van der Waals surface area contributed by atoms with Gasteiger partial charge in [-0.1, -0.05) is 0 Å². The lowest BCUT2D eigenvalue weighted by molar-refractivity contribution is -0.139. The third-order valence-electron chi connectivity index (χ3n) is 4.02. The van der Waals surface area contributed by atoms with Gasteiger partial charge in [-0.3, -0.25) is 9.59 Å². The second-order valence-electron chi connectivity index (χ2n) is 5.99. The van der Waals surface area contributed by atoms with Crippen LogP contribution in [0.5, 0.6) is 11.5 Å². The number of piperazine rings is 1. The SMILES string of the molecule is COc1ccc(C(=O)N2CCN(C(=O)CC(C)(F)F)CC2)c(OC)c1. The highest BCUT2D eigenvalue weighted by molar-refractivity contribution is 5.97. The van der Waals surface area contributed by atoms with E-state index in [1.54, 1.807) is 23.1 Å². The number of alkyl halides is 2. The maximum Gasteiger partial charge on any atom is 0.257 e. The Hall–Kier alpha value is -2.38. The van der Waals surface area contributed by atoms with Gasteiger partial charge in [-0.05, 0) is 19.1 Å². The van der Waals surface area contributed by atoms with Crippen LogP contribution < -0.4 is 9.47 Å². The number of amides is 2. The fraction of sp³-hybridized carbons (Fsp3) is 0.529. The normalized spacial score (nSPS) is 15.1. The molecule has 0 unspecified atom stereocenters. The topological polar surface area (TPSA) is 59.1 Å². The third kappa shape index (κ3) is 4.80. The van der Waals surface area contributed by atoms with Gasteiger partial charge in [0.05, 0.1) is 26.2 Å². The fourth-order valence-corrected chi connectivity index (χ4v) is 2.68. The van der Waals surface area contributed by atoms with Crippen molar-refractivity contribution >= 4 is 11.8 Å². The Morgan fingerprint density at radius 3 is 2.20 bits per heavy atom. The van der Waals surface area contributed by atoms with Crippen LogP contribution in [-0.2, 0) is 4.79 Å². The first kappa shape index (κ1) is 19.0. The summed E-state index contributed by atoms with van der Waals surface area (Å²) in [6, 6.07) is 4.91. The van der Waals surface area contributed by atoms with E-state index in [0.717, 1.165) is 6.92 Å². The summed E-state index contributed by atoms with van der Waals surface area (Å²) in [7, 11) is 2.99. The van der Waals surface area contributed by atoms with E-state index >= 15 is 0 Å². The number of carbonyl (C=O) groups is 2. The van der Waals surface area contributed by atoms with Gasteiger partial charge in [0.15, 0.2) is 0 Å². The van der Waals surface area contributed by atoms with Gasteiger partial charge in [0.2, 0.25) is 5.91 Å². The van der Waals surface area contributed by atoms with Gasteiger partial charge in [0.25, 0.3) is 11.8 Å². The number of ether oxygens (including phenoxy) is 2. The van der Waals surface area contributed by atoms with Gasteiger partial charge in [-0.25, -0.2) is 8.78 Å². The van der Waals surface area contributed by atoms with Gasteiger partial charge >= 0.3 is 0 Å². The largest absolute Gasteiger partial charge is 0.497 e. The molecule has 0 saturated carbocycles. The highest BCUT2D eigenvalue weighted by Crippen LogP contribution is 2.26. The van der Waals surface area contributed by atoms with Crippen molar-refractivity contribution in [1.82, 2.24) is 9.80 Å². The Bertz CT molecular complexity index is 638. The molecule has 0 bridgehead atoms. The minimum atomic E-state index is -3.03. The van der Waals surface area contributed by atoms with Crippen molar-refractivity contribution in [3.05, 3.63) is 23.8 Å². The number of nitrogens with zero attached hydrogens (tertiary/aromatic N) is 2. The van der Waals surface area contributed by atoms with E-state index in [0.29, 0.717) is 17.1 Å². The minimum Gasteiger partial charge on any atom is -0.497 e. The lowest BCUT2D eigenvalue weighted by Gasteiger charge is -2.35. The summed E-state index contributed by atoms with van der Waals surface area (Å²) >= 11 is 0. The average molecular weight is 356 g/mol. The summed E-state index contributed by atoms with van der Waals surface area (Å²) < 4.78 is 36.3. The van der Waals surface area contributed by atoms with Crippen molar-refractivity contribution in [3.63, 3.8) is 0 Å². The number of hydrogen-bond donors (Lipinski definition) is 0. The molecule has 0 aliphatic carbocycles. The van der Waals surface area contributed by atoms with Crippen molar-refractivity contribution in [3.8, 4) is 11.5 Å². The van der Waals surface area contributed by atoms with Gasteiger partial charge in [0, 0.05) is 32.2 Å².